The van der Waals surface area contributed by atoms with Crippen molar-refractivity contribution in [2.24, 2.45) is 0 Å². The van der Waals surface area contributed by atoms with Crippen molar-refractivity contribution in [1.82, 2.24) is 0 Å². The summed E-state index contributed by atoms with van der Waals surface area (Å²) in [4.78, 5) is 11.6. The zero-order valence-electron chi connectivity index (χ0n) is 2.86. The quantitative estimate of drug-likeness (QED) is 0.328. The fraction of sp³-hybridized carbons (Fsp3) is 0. The third kappa shape index (κ3) is 22.4. The summed E-state index contributed by atoms with van der Waals surface area (Å²) in [6.45, 7) is 0. The minimum absolute atomic E-state index is 0. The van der Waals surface area contributed by atoms with Crippen molar-refractivity contribution in [3.63, 3.8) is 0 Å². The molecule has 0 spiro atoms. The normalized spacial score (nSPS) is 4.71. The van der Waals surface area contributed by atoms with Gasteiger partial charge in [-0.1, -0.05) is 0 Å². The fourth-order valence-corrected chi connectivity index (χ4v) is 0. The first-order valence-corrected chi connectivity index (χ1v) is 0.814. The van der Waals surface area contributed by atoms with E-state index in [1.165, 1.54) is 0 Å². The molecule has 0 saturated carbocycles. The summed E-state index contributed by atoms with van der Waals surface area (Å²) >= 11 is 0. The molecule has 49 valence electrons. The monoisotopic (exact) mass is 195 g/mol. The van der Waals surface area contributed by atoms with Crippen LogP contribution in [-0.2, 0) is 38.2 Å². The Bertz CT molecular complexity index is 47.0. The van der Waals surface area contributed by atoms with E-state index < -0.39 is 6.16 Å². The summed E-state index contributed by atoms with van der Waals surface area (Å²) < 4.78 is 0. The van der Waals surface area contributed by atoms with Gasteiger partial charge in [0.2, 0.25) is 0 Å². The third-order valence-corrected chi connectivity index (χ3v) is 0.0781. The molecule has 6 heteroatoms. The van der Waals surface area contributed by atoms with Crippen LogP contribution in [0.3, 0.4) is 0 Å². The van der Waals surface area contributed by atoms with Crippen molar-refractivity contribution < 1.29 is 53.3 Å². The summed E-state index contributed by atoms with van der Waals surface area (Å²) in [7, 11) is 0. The molecule has 0 aromatic carbocycles. The van der Waals surface area contributed by atoms with Crippen LogP contribution in [-0.4, -0.2) is 16.5 Å². The molecule has 0 bridgehead atoms. The molecule has 0 amide bonds. The zero-order chi connectivity index (χ0) is 4.28. The van der Waals surface area contributed by atoms with Crippen molar-refractivity contribution >= 4 is 6.16 Å². The van der Waals surface area contributed by atoms with Crippen molar-refractivity contribution in [3.8, 4) is 0 Å². The van der Waals surface area contributed by atoms with E-state index in [4.69, 9.17) is 15.2 Å². The minimum atomic E-state index is -1.69. The van der Waals surface area contributed by atoms with Crippen LogP contribution in [0.2, 0.25) is 0 Å². The van der Waals surface area contributed by atoms with Gasteiger partial charge in [0, 0.05) is 33.3 Å². The smallest absolute Gasteiger partial charge is 0.448 e. The number of carbonyl (C=O) groups is 1. The van der Waals surface area contributed by atoms with E-state index in [9.17, 15) is 0 Å². The first kappa shape index (κ1) is 15.7. The number of rotatable bonds is 0. The maximum Gasteiger partial charge on any atom is 0.537 e. The standard InChI is InChI=1S/CH2O4.Co.Ni/c2-1(3)5-4;;/h4H,(H,2,3);;. The van der Waals surface area contributed by atoms with Crippen molar-refractivity contribution in [2.75, 3.05) is 0 Å². The molecular weight excluding hydrogens is 194 g/mol. The maximum absolute atomic E-state index is 8.90. The van der Waals surface area contributed by atoms with Crippen LogP contribution in [0, 0.1) is 0 Å². The molecule has 0 rings (SSSR count). The van der Waals surface area contributed by atoms with Crippen LogP contribution < -0.4 is 0 Å². The van der Waals surface area contributed by atoms with E-state index in [1.807, 2.05) is 0 Å². The Morgan fingerprint density at radius 1 is 1.57 bits per heavy atom. The van der Waals surface area contributed by atoms with E-state index in [0.29, 0.717) is 0 Å². The second-order valence-electron chi connectivity index (χ2n) is 0.357. The van der Waals surface area contributed by atoms with E-state index in [0.717, 1.165) is 0 Å². The third-order valence-electron chi connectivity index (χ3n) is 0.0781. The van der Waals surface area contributed by atoms with Crippen LogP contribution in [0.4, 0.5) is 4.79 Å². The first-order valence-electron chi connectivity index (χ1n) is 0.814. The summed E-state index contributed by atoms with van der Waals surface area (Å²) in [5.74, 6) is 0. The Kier molecular flexibility index (Phi) is 21.3. The Morgan fingerprint density at radius 3 is 1.71 bits per heavy atom. The van der Waals surface area contributed by atoms with Gasteiger partial charge in [-0.15, -0.1) is 0 Å². The predicted octanol–water partition coefficient (Wildman–Crippen LogP) is 0.149. The summed E-state index contributed by atoms with van der Waals surface area (Å²) in [5.41, 5.74) is 0. The number of hydrogen-bond acceptors (Lipinski definition) is 3. The summed E-state index contributed by atoms with van der Waals surface area (Å²) in [6.07, 6.45) is -1.69. The summed E-state index contributed by atoms with van der Waals surface area (Å²) in [5, 5.41) is 14.3. The van der Waals surface area contributed by atoms with Crippen LogP contribution in [0.15, 0.2) is 0 Å². The molecule has 0 aromatic rings. The SMILES string of the molecule is O=C(O)OO.[Co].[Ni]. The van der Waals surface area contributed by atoms with Gasteiger partial charge in [-0.25, -0.2) is 4.79 Å². The Hall–Kier alpha value is 0.230. The van der Waals surface area contributed by atoms with E-state index in [-0.39, 0.29) is 33.3 Å². The van der Waals surface area contributed by atoms with E-state index >= 15 is 0 Å². The van der Waals surface area contributed by atoms with Crippen LogP contribution in [0.25, 0.3) is 0 Å². The van der Waals surface area contributed by atoms with Gasteiger partial charge in [-0.3, -0.25) is 4.89 Å². The van der Waals surface area contributed by atoms with E-state index in [1.54, 1.807) is 0 Å². The Balaban J connectivity index is -0.0000000800. The molecule has 0 aromatic heterocycles. The molecule has 0 unspecified atom stereocenters. The van der Waals surface area contributed by atoms with Crippen LogP contribution in [0.1, 0.15) is 0 Å². The minimum Gasteiger partial charge on any atom is -0.448 e. The summed E-state index contributed by atoms with van der Waals surface area (Å²) in [6, 6.07) is 0. The molecule has 4 nitrogen and oxygen atoms in total. The second kappa shape index (κ2) is 9.52. The van der Waals surface area contributed by atoms with Crippen LogP contribution >= 0.6 is 0 Å². The first-order chi connectivity index (χ1) is 2.27. The van der Waals surface area contributed by atoms with Gasteiger partial charge in [0.1, 0.15) is 0 Å². The van der Waals surface area contributed by atoms with Crippen LogP contribution in [0.5, 0.6) is 0 Å². The largest absolute Gasteiger partial charge is 0.537 e. The van der Waals surface area contributed by atoms with Gasteiger partial charge in [0.05, 0.1) is 0 Å². The molecule has 0 saturated heterocycles. The molecular formula is CH2CoNiO4. The number of carboxylic acid groups (broad SMARTS) is 1. The Morgan fingerprint density at radius 2 is 1.71 bits per heavy atom. The van der Waals surface area contributed by atoms with Gasteiger partial charge in [0.15, 0.2) is 0 Å². The van der Waals surface area contributed by atoms with Crippen molar-refractivity contribution in [2.45, 2.75) is 0 Å². The topological polar surface area (TPSA) is 66.8 Å². The molecule has 0 heterocycles. The molecule has 1 radical (unpaired) electrons. The average molecular weight is 196 g/mol. The zero-order valence-corrected chi connectivity index (χ0v) is 4.89. The molecule has 7 heavy (non-hydrogen) atoms. The average Bonchev–Trinajstić information content (AvgIpc) is 1.38. The molecule has 0 aliphatic heterocycles. The van der Waals surface area contributed by atoms with Crippen molar-refractivity contribution in [1.29, 1.82) is 0 Å². The Labute approximate surface area is 59.9 Å². The fourth-order valence-electron chi connectivity index (χ4n) is 0. The second-order valence-corrected chi connectivity index (χ2v) is 0.357. The number of hydrogen-bond donors (Lipinski definition) is 2. The molecule has 0 aliphatic rings. The molecule has 0 aliphatic carbocycles. The van der Waals surface area contributed by atoms with E-state index in [2.05, 4.69) is 4.89 Å². The van der Waals surface area contributed by atoms with Gasteiger partial charge in [-0.2, -0.15) is 5.26 Å². The van der Waals surface area contributed by atoms with Crippen molar-refractivity contribution in [3.05, 3.63) is 0 Å². The predicted molar refractivity (Wildman–Crippen MR) is 11.7 cm³/mol. The molecule has 0 atom stereocenters. The van der Waals surface area contributed by atoms with Gasteiger partial charge < -0.3 is 5.11 Å². The van der Waals surface area contributed by atoms with Gasteiger partial charge in [0.25, 0.3) is 0 Å². The maximum atomic E-state index is 8.90. The van der Waals surface area contributed by atoms with Gasteiger partial charge in [-0.05, 0) is 0 Å². The molecule has 2 N–H and O–H groups in total. The van der Waals surface area contributed by atoms with Gasteiger partial charge >= 0.3 is 6.16 Å². The molecule has 0 fully saturated rings.